The number of rotatable bonds is 2. The summed E-state index contributed by atoms with van der Waals surface area (Å²) in [5.41, 5.74) is 3.40. The van der Waals surface area contributed by atoms with E-state index < -0.39 is 0 Å². The summed E-state index contributed by atoms with van der Waals surface area (Å²) in [7, 11) is 0. The number of H-pyrrole nitrogens is 1. The van der Waals surface area contributed by atoms with Crippen LogP contribution in [0.3, 0.4) is 0 Å². The van der Waals surface area contributed by atoms with E-state index in [0.717, 1.165) is 16.4 Å². The third-order valence-electron chi connectivity index (χ3n) is 2.99. The van der Waals surface area contributed by atoms with Gasteiger partial charge in [0.1, 0.15) is 5.82 Å². The number of aryl methyl sites for hydroxylation is 1. The van der Waals surface area contributed by atoms with Crippen LogP contribution in [-0.2, 0) is 0 Å². The number of nitrogens with zero attached hydrogens (tertiary/aromatic N) is 1. The van der Waals surface area contributed by atoms with Crippen molar-refractivity contribution < 1.29 is 0 Å². The average molecular weight is 233 g/mol. The van der Waals surface area contributed by atoms with E-state index in [2.05, 4.69) is 16.0 Å². The smallest absolute Gasteiger partial charge is 0.138 e. The van der Waals surface area contributed by atoms with Gasteiger partial charge in [0.05, 0.1) is 5.02 Å². The van der Waals surface area contributed by atoms with Gasteiger partial charge in [-0.05, 0) is 37.5 Å². The number of imidazole rings is 1. The molecule has 0 atom stereocenters. The summed E-state index contributed by atoms with van der Waals surface area (Å²) in [5.74, 6) is 1.58. The van der Waals surface area contributed by atoms with Gasteiger partial charge >= 0.3 is 0 Å². The van der Waals surface area contributed by atoms with Crippen LogP contribution in [0.5, 0.6) is 0 Å². The molecule has 16 heavy (non-hydrogen) atoms. The highest BCUT2D eigenvalue weighted by molar-refractivity contribution is 6.33. The Morgan fingerprint density at radius 3 is 2.88 bits per heavy atom. The van der Waals surface area contributed by atoms with Crippen molar-refractivity contribution in [2.75, 3.05) is 0 Å². The van der Waals surface area contributed by atoms with Crippen LogP contribution in [-0.4, -0.2) is 9.97 Å². The average Bonchev–Trinajstić information content (AvgIpc) is 2.98. The van der Waals surface area contributed by atoms with Crippen LogP contribution in [0.4, 0.5) is 0 Å². The van der Waals surface area contributed by atoms with Crippen molar-refractivity contribution in [2.24, 2.45) is 0 Å². The Bertz CT molecular complexity index is 526. The minimum atomic E-state index is 0.700. The molecular weight excluding hydrogens is 220 g/mol. The van der Waals surface area contributed by atoms with Crippen LogP contribution in [0.25, 0.3) is 11.4 Å². The lowest BCUT2D eigenvalue weighted by Crippen LogP contribution is -1.84. The highest BCUT2D eigenvalue weighted by atomic mass is 35.5. The van der Waals surface area contributed by atoms with E-state index in [1.54, 1.807) is 0 Å². The van der Waals surface area contributed by atoms with E-state index in [0.29, 0.717) is 5.92 Å². The predicted octanol–water partition coefficient (Wildman–Crippen LogP) is 3.92. The molecule has 0 amide bonds. The molecule has 2 aromatic rings. The fourth-order valence-electron chi connectivity index (χ4n) is 1.89. The maximum Gasteiger partial charge on any atom is 0.138 e. The van der Waals surface area contributed by atoms with Crippen molar-refractivity contribution in [1.82, 2.24) is 9.97 Å². The molecule has 0 aliphatic heterocycles. The second-order valence-corrected chi connectivity index (χ2v) is 4.85. The molecule has 1 fully saturated rings. The first-order valence-electron chi connectivity index (χ1n) is 5.55. The van der Waals surface area contributed by atoms with Crippen LogP contribution in [0.2, 0.25) is 5.02 Å². The number of halogens is 1. The number of hydrogen-bond acceptors (Lipinski definition) is 1. The Kier molecular flexibility index (Phi) is 2.25. The van der Waals surface area contributed by atoms with E-state index in [4.69, 9.17) is 11.6 Å². The first kappa shape index (κ1) is 9.91. The van der Waals surface area contributed by atoms with E-state index in [-0.39, 0.29) is 0 Å². The molecule has 0 spiro atoms. The van der Waals surface area contributed by atoms with Crippen molar-refractivity contribution in [3.63, 3.8) is 0 Å². The normalized spacial score (nSPS) is 15.4. The molecule has 0 radical (unpaired) electrons. The van der Waals surface area contributed by atoms with Crippen molar-refractivity contribution in [3.05, 3.63) is 40.7 Å². The van der Waals surface area contributed by atoms with E-state index in [9.17, 15) is 0 Å². The molecular formula is C13H13ClN2. The van der Waals surface area contributed by atoms with Crippen LogP contribution < -0.4 is 0 Å². The van der Waals surface area contributed by atoms with E-state index >= 15 is 0 Å². The van der Waals surface area contributed by atoms with Gasteiger partial charge < -0.3 is 4.98 Å². The minimum absolute atomic E-state index is 0.700. The molecule has 1 aromatic carbocycles. The molecule has 1 aliphatic carbocycles. The van der Waals surface area contributed by atoms with Crippen LogP contribution in [0, 0.1) is 6.92 Å². The molecule has 3 heteroatoms. The third-order valence-corrected chi connectivity index (χ3v) is 3.31. The van der Waals surface area contributed by atoms with Gasteiger partial charge in [0.25, 0.3) is 0 Å². The molecule has 1 heterocycles. The highest BCUT2D eigenvalue weighted by Crippen LogP contribution is 2.40. The second kappa shape index (κ2) is 3.63. The van der Waals surface area contributed by atoms with Crippen LogP contribution in [0.15, 0.2) is 24.4 Å². The van der Waals surface area contributed by atoms with Crippen molar-refractivity contribution in [3.8, 4) is 11.4 Å². The van der Waals surface area contributed by atoms with Crippen molar-refractivity contribution in [1.29, 1.82) is 0 Å². The fourth-order valence-corrected chi connectivity index (χ4v) is 2.21. The Morgan fingerprint density at radius 2 is 2.19 bits per heavy atom. The monoisotopic (exact) mass is 232 g/mol. The first-order chi connectivity index (χ1) is 7.74. The Balaban J connectivity index is 2.00. The van der Waals surface area contributed by atoms with Crippen LogP contribution in [0.1, 0.15) is 30.0 Å². The van der Waals surface area contributed by atoms with Crippen LogP contribution >= 0.6 is 11.6 Å². The molecule has 1 aliphatic rings. The zero-order valence-corrected chi connectivity index (χ0v) is 9.88. The van der Waals surface area contributed by atoms with Crippen molar-refractivity contribution >= 4 is 11.6 Å². The van der Waals surface area contributed by atoms with Gasteiger partial charge in [-0.1, -0.05) is 17.7 Å². The molecule has 0 bridgehead atoms. The van der Waals surface area contributed by atoms with Gasteiger partial charge in [-0.3, -0.25) is 0 Å². The molecule has 0 unspecified atom stereocenters. The SMILES string of the molecule is Cc1ccc(-c2ncc(C3CC3)[nH]2)c(Cl)c1. The minimum Gasteiger partial charge on any atom is -0.342 e. The summed E-state index contributed by atoms with van der Waals surface area (Å²) in [6.07, 6.45) is 4.50. The largest absolute Gasteiger partial charge is 0.342 e. The fraction of sp³-hybridized carbons (Fsp3) is 0.308. The molecule has 1 saturated carbocycles. The van der Waals surface area contributed by atoms with Gasteiger partial charge in [0.2, 0.25) is 0 Å². The molecule has 0 saturated heterocycles. The van der Waals surface area contributed by atoms with Gasteiger partial charge in [-0.15, -0.1) is 0 Å². The standard InChI is InChI=1S/C13H13ClN2/c1-8-2-5-10(11(14)6-8)13-15-7-12(16-13)9-3-4-9/h2,5-7,9H,3-4H2,1H3,(H,15,16). The molecule has 82 valence electrons. The van der Waals surface area contributed by atoms with E-state index in [1.807, 2.05) is 25.3 Å². The summed E-state index contributed by atoms with van der Waals surface area (Å²) >= 11 is 6.21. The molecule has 2 nitrogen and oxygen atoms in total. The number of nitrogens with one attached hydrogen (secondary N) is 1. The number of benzene rings is 1. The predicted molar refractivity (Wildman–Crippen MR) is 65.7 cm³/mol. The summed E-state index contributed by atoms with van der Waals surface area (Å²) in [5, 5.41) is 0.761. The quantitative estimate of drug-likeness (QED) is 0.836. The number of hydrogen-bond donors (Lipinski definition) is 1. The maximum atomic E-state index is 6.21. The molecule has 3 rings (SSSR count). The zero-order chi connectivity index (χ0) is 11.1. The lowest BCUT2D eigenvalue weighted by molar-refractivity contribution is 1.05. The van der Waals surface area contributed by atoms with Gasteiger partial charge in [0, 0.05) is 23.4 Å². The maximum absolute atomic E-state index is 6.21. The topological polar surface area (TPSA) is 28.7 Å². The van der Waals surface area contributed by atoms with Crippen molar-refractivity contribution in [2.45, 2.75) is 25.7 Å². The number of aromatic nitrogens is 2. The molecule has 1 N–H and O–H groups in total. The van der Waals surface area contributed by atoms with Gasteiger partial charge in [-0.2, -0.15) is 0 Å². The molecule has 1 aromatic heterocycles. The third kappa shape index (κ3) is 1.74. The number of aromatic amines is 1. The Labute approximate surface area is 99.7 Å². The van der Waals surface area contributed by atoms with Gasteiger partial charge in [0.15, 0.2) is 0 Å². The van der Waals surface area contributed by atoms with Gasteiger partial charge in [-0.25, -0.2) is 4.98 Å². The second-order valence-electron chi connectivity index (χ2n) is 4.44. The Hall–Kier alpha value is -1.28. The summed E-state index contributed by atoms with van der Waals surface area (Å²) in [6, 6.07) is 6.05. The lowest BCUT2D eigenvalue weighted by atomic mass is 10.1. The summed E-state index contributed by atoms with van der Waals surface area (Å²) in [6.45, 7) is 2.04. The summed E-state index contributed by atoms with van der Waals surface area (Å²) < 4.78 is 0. The van der Waals surface area contributed by atoms with E-state index in [1.165, 1.54) is 24.1 Å². The lowest BCUT2D eigenvalue weighted by Gasteiger charge is -2.01. The Morgan fingerprint density at radius 1 is 1.38 bits per heavy atom. The summed E-state index contributed by atoms with van der Waals surface area (Å²) in [4.78, 5) is 7.75. The zero-order valence-electron chi connectivity index (χ0n) is 9.13. The first-order valence-corrected chi connectivity index (χ1v) is 5.93. The highest BCUT2D eigenvalue weighted by Gasteiger charge is 2.25.